The van der Waals surface area contributed by atoms with Gasteiger partial charge < -0.3 is 5.11 Å². The van der Waals surface area contributed by atoms with Crippen molar-refractivity contribution in [1.29, 1.82) is 0 Å². The Morgan fingerprint density at radius 3 is 2.52 bits per heavy atom. The number of thioether (sulfide) groups is 1. The number of carbonyl (C=O) groups excluding carboxylic acids is 2. The van der Waals surface area contributed by atoms with Gasteiger partial charge in [0.2, 0.25) is 11.8 Å². The third-order valence-corrected chi connectivity index (χ3v) is 4.73. The number of benzene rings is 1. The number of carboxylic acid groups (broad SMARTS) is 1. The zero-order valence-electron chi connectivity index (χ0n) is 11.9. The predicted octanol–water partition coefficient (Wildman–Crippen LogP) is 2.09. The summed E-state index contributed by atoms with van der Waals surface area (Å²) in [7, 11) is 0. The van der Waals surface area contributed by atoms with Crippen LogP contribution in [0.1, 0.15) is 25.8 Å². The quantitative estimate of drug-likeness (QED) is 0.843. The van der Waals surface area contributed by atoms with Gasteiger partial charge in [-0.05, 0) is 31.0 Å². The smallest absolute Gasteiger partial charge is 0.316 e. The zero-order chi connectivity index (χ0) is 15.6. The molecule has 112 valence electrons. The van der Waals surface area contributed by atoms with E-state index >= 15 is 0 Å². The van der Waals surface area contributed by atoms with E-state index in [4.69, 9.17) is 5.11 Å². The third kappa shape index (κ3) is 3.26. The van der Waals surface area contributed by atoms with Gasteiger partial charge in [0, 0.05) is 6.42 Å². The lowest BCUT2D eigenvalue weighted by Gasteiger charge is -2.16. The molecule has 0 saturated carbocycles. The second kappa shape index (κ2) is 6.30. The van der Waals surface area contributed by atoms with Gasteiger partial charge >= 0.3 is 5.97 Å². The number of aryl methyl sites for hydroxylation is 1. The molecule has 1 heterocycles. The maximum Gasteiger partial charge on any atom is 0.316 e. The molecule has 0 spiro atoms. The number of amides is 2. The number of hydrogen-bond acceptors (Lipinski definition) is 4. The fourth-order valence-corrected chi connectivity index (χ4v) is 3.24. The van der Waals surface area contributed by atoms with Crippen molar-refractivity contribution in [1.82, 2.24) is 0 Å². The summed E-state index contributed by atoms with van der Waals surface area (Å²) in [5.74, 6) is -1.59. The van der Waals surface area contributed by atoms with Crippen molar-refractivity contribution < 1.29 is 19.5 Å². The van der Waals surface area contributed by atoms with Crippen LogP contribution in [-0.4, -0.2) is 33.4 Å². The molecule has 2 atom stereocenters. The summed E-state index contributed by atoms with van der Waals surface area (Å²) in [6, 6.07) is 7.27. The Morgan fingerprint density at radius 1 is 1.38 bits per heavy atom. The molecule has 1 fully saturated rings. The van der Waals surface area contributed by atoms with Crippen molar-refractivity contribution in [3.05, 3.63) is 29.8 Å². The number of aliphatic carboxylic acids is 1. The Hall–Kier alpha value is -1.82. The summed E-state index contributed by atoms with van der Waals surface area (Å²) < 4.78 is 0. The monoisotopic (exact) mass is 307 g/mol. The van der Waals surface area contributed by atoms with E-state index in [2.05, 4.69) is 0 Å². The van der Waals surface area contributed by atoms with Gasteiger partial charge in [0.15, 0.2) is 0 Å². The van der Waals surface area contributed by atoms with E-state index in [0.717, 1.165) is 28.6 Å². The average molecular weight is 307 g/mol. The Bertz CT molecular complexity index is 570. The van der Waals surface area contributed by atoms with Crippen LogP contribution >= 0.6 is 11.8 Å². The first-order valence-corrected chi connectivity index (χ1v) is 7.72. The molecule has 5 nitrogen and oxygen atoms in total. The van der Waals surface area contributed by atoms with Gasteiger partial charge in [0.1, 0.15) is 5.25 Å². The van der Waals surface area contributed by atoms with Crippen molar-refractivity contribution in [2.45, 2.75) is 37.2 Å². The van der Waals surface area contributed by atoms with Crippen LogP contribution in [-0.2, 0) is 20.8 Å². The fraction of sp³-hybridized carbons (Fsp3) is 0.400. The summed E-state index contributed by atoms with van der Waals surface area (Å²) in [4.78, 5) is 36.4. The van der Waals surface area contributed by atoms with Gasteiger partial charge in [-0.3, -0.25) is 14.4 Å². The average Bonchev–Trinajstić information content (AvgIpc) is 2.73. The molecule has 1 aliphatic rings. The highest BCUT2D eigenvalue weighted by atomic mass is 32.2. The molecule has 1 saturated heterocycles. The van der Waals surface area contributed by atoms with Gasteiger partial charge in [-0.1, -0.05) is 19.1 Å². The Labute approximate surface area is 127 Å². The first-order chi connectivity index (χ1) is 9.93. The van der Waals surface area contributed by atoms with Crippen molar-refractivity contribution in [2.24, 2.45) is 0 Å². The molecule has 2 rings (SSSR count). The summed E-state index contributed by atoms with van der Waals surface area (Å²) in [6.45, 7) is 3.55. The van der Waals surface area contributed by atoms with Gasteiger partial charge in [-0.25, -0.2) is 4.90 Å². The van der Waals surface area contributed by atoms with E-state index in [1.54, 1.807) is 12.1 Å². The molecule has 0 radical (unpaired) electrons. The van der Waals surface area contributed by atoms with Crippen LogP contribution in [0, 0.1) is 0 Å². The SMILES string of the molecule is CCc1ccc(N2C(=O)CC(SC(C)C(=O)O)C2=O)cc1. The van der Waals surface area contributed by atoms with Gasteiger partial charge in [-0.2, -0.15) is 0 Å². The van der Waals surface area contributed by atoms with Crippen LogP contribution in [0.15, 0.2) is 24.3 Å². The standard InChI is InChI=1S/C15H17NO4S/c1-3-10-4-6-11(7-5-10)16-13(17)8-12(14(16)18)21-9(2)15(19)20/h4-7,9,12H,3,8H2,1-2H3,(H,19,20). The molecule has 1 aromatic rings. The fourth-order valence-electron chi connectivity index (χ4n) is 2.17. The van der Waals surface area contributed by atoms with Crippen LogP contribution in [0.2, 0.25) is 0 Å². The minimum Gasteiger partial charge on any atom is -0.480 e. The van der Waals surface area contributed by atoms with E-state index in [1.165, 1.54) is 6.92 Å². The highest BCUT2D eigenvalue weighted by molar-refractivity contribution is 8.01. The maximum absolute atomic E-state index is 12.3. The molecule has 1 aliphatic heterocycles. The van der Waals surface area contributed by atoms with E-state index < -0.39 is 16.5 Å². The number of imide groups is 1. The second-order valence-electron chi connectivity index (χ2n) is 4.90. The van der Waals surface area contributed by atoms with Gasteiger partial charge in [0.25, 0.3) is 0 Å². The number of anilines is 1. The van der Waals surface area contributed by atoms with E-state index in [0.29, 0.717) is 5.69 Å². The van der Waals surface area contributed by atoms with Crippen LogP contribution in [0.25, 0.3) is 0 Å². The highest BCUT2D eigenvalue weighted by Gasteiger charge is 2.41. The normalized spacial score (nSPS) is 19.9. The molecule has 0 bridgehead atoms. The lowest BCUT2D eigenvalue weighted by Crippen LogP contribution is -2.32. The molecule has 1 aromatic carbocycles. The molecular formula is C15H17NO4S. The van der Waals surface area contributed by atoms with Crippen molar-refractivity contribution in [3.63, 3.8) is 0 Å². The molecular weight excluding hydrogens is 290 g/mol. The lowest BCUT2D eigenvalue weighted by atomic mass is 10.1. The van der Waals surface area contributed by atoms with Crippen molar-refractivity contribution >= 4 is 35.2 Å². The van der Waals surface area contributed by atoms with Crippen LogP contribution in [0.5, 0.6) is 0 Å². The number of nitrogens with zero attached hydrogens (tertiary/aromatic N) is 1. The lowest BCUT2D eigenvalue weighted by molar-refractivity contribution is -0.136. The van der Waals surface area contributed by atoms with Crippen LogP contribution < -0.4 is 4.90 Å². The minimum atomic E-state index is -0.981. The first-order valence-electron chi connectivity index (χ1n) is 6.78. The number of carboxylic acids is 1. The second-order valence-corrected chi connectivity index (χ2v) is 6.45. The Balaban J connectivity index is 2.15. The molecule has 0 aliphatic carbocycles. The van der Waals surface area contributed by atoms with Gasteiger partial charge in [-0.15, -0.1) is 11.8 Å². The number of hydrogen-bond donors (Lipinski definition) is 1. The van der Waals surface area contributed by atoms with Crippen LogP contribution in [0.3, 0.4) is 0 Å². The third-order valence-electron chi connectivity index (χ3n) is 3.42. The molecule has 1 N–H and O–H groups in total. The topological polar surface area (TPSA) is 74.7 Å². The molecule has 21 heavy (non-hydrogen) atoms. The predicted molar refractivity (Wildman–Crippen MR) is 81.4 cm³/mol. The van der Waals surface area contributed by atoms with Crippen molar-refractivity contribution in [2.75, 3.05) is 4.90 Å². The van der Waals surface area contributed by atoms with E-state index in [-0.39, 0.29) is 18.2 Å². The molecule has 2 unspecified atom stereocenters. The van der Waals surface area contributed by atoms with Gasteiger partial charge in [0.05, 0.1) is 10.9 Å². The molecule has 2 amide bonds. The summed E-state index contributed by atoms with van der Waals surface area (Å²) in [5.41, 5.74) is 1.68. The summed E-state index contributed by atoms with van der Waals surface area (Å²) in [5, 5.41) is 7.57. The summed E-state index contributed by atoms with van der Waals surface area (Å²) >= 11 is 1.02. The maximum atomic E-state index is 12.3. The van der Waals surface area contributed by atoms with Crippen LogP contribution in [0.4, 0.5) is 5.69 Å². The highest BCUT2D eigenvalue weighted by Crippen LogP contribution is 2.32. The van der Waals surface area contributed by atoms with E-state index in [1.807, 2.05) is 19.1 Å². The zero-order valence-corrected chi connectivity index (χ0v) is 12.7. The minimum absolute atomic E-state index is 0.0522. The molecule has 0 aromatic heterocycles. The molecule has 6 heteroatoms. The first kappa shape index (κ1) is 15.6. The summed E-state index contributed by atoms with van der Waals surface area (Å²) in [6.07, 6.45) is 0.938. The largest absolute Gasteiger partial charge is 0.480 e. The van der Waals surface area contributed by atoms with E-state index in [9.17, 15) is 14.4 Å². The van der Waals surface area contributed by atoms with Crippen molar-refractivity contribution in [3.8, 4) is 0 Å². The Morgan fingerprint density at radius 2 is 2.00 bits per heavy atom. The number of carbonyl (C=O) groups is 3. The Kier molecular flexibility index (Phi) is 4.67. The number of rotatable bonds is 5.